The molecule has 0 aliphatic carbocycles. The first-order valence-corrected chi connectivity index (χ1v) is 11.9. The Hall–Kier alpha value is -3.89. The summed E-state index contributed by atoms with van der Waals surface area (Å²) >= 11 is 5.16. The fourth-order valence-electron chi connectivity index (χ4n) is 2.79. The van der Waals surface area contributed by atoms with Crippen molar-refractivity contribution < 1.29 is 22.7 Å². The summed E-state index contributed by atoms with van der Waals surface area (Å²) in [5.74, 6) is 0.941. The maximum absolute atomic E-state index is 12.6. The maximum atomic E-state index is 12.6. The maximum Gasteiger partial charge on any atom is 0.261 e. The van der Waals surface area contributed by atoms with Gasteiger partial charge in [-0.05, 0) is 84.5 Å². The van der Waals surface area contributed by atoms with E-state index in [0.29, 0.717) is 17.1 Å². The molecule has 10 heteroatoms. The van der Waals surface area contributed by atoms with E-state index in [-0.39, 0.29) is 10.0 Å². The summed E-state index contributed by atoms with van der Waals surface area (Å²) in [6.07, 6.45) is 3.00. The minimum Gasteiger partial charge on any atom is -0.497 e. The normalized spacial score (nSPS) is 11.0. The van der Waals surface area contributed by atoms with Gasteiger partial charge in [0, 0.05) is 17.5 Å². The van der Waals surface area contributed by atoms with Crippen LogP contribution < -0.4 is 24.8 Å². The molecule has 8 nitrogen and oxygen atoms in total. The van der Waals surface area contributed by atoms with E-state index in [1.807, 2.05) is 12.1 Å². The molecule has 3 rings (SSSR count). The predicted octanol–water partition coefficient (Wildman–Crippen LogP) is 4.03. The van der Waals surface area contributed by atoms with E-state index in [4.69, 9.17) is 21.7 Å². The van der Waals surface area contributed by atoms with Crippen LogP contribution in [0.3, 0.4) is 0 Å². The van der Waals surface area contributed by atoms with Crippen LogP contribution in [-0.2, 0) is 14.8 Å². The number of hydrogen-bond donors (Lipinski definition) is 3. The molecular formula is C24H23N3O5S2. The minimum absolute atomic E-state index is 0.0752. The Kier molecular flexibility index (Phi) is 8.23. The third-order valence-electron chi connectivity index (χ3n) is 4.54. The van der Waals surface area contributed by atoms with Crippen LogP contribution >= 0.6 is 12.2 Å². The van der Waals surface area contributed by atoms with Crippen molar-refractivity contribution in [2.24, 2.45) is 0 Å². The second-order valence-corrected chi connectivity index (χ2v) is 9.00. The summed E-state index contributed by atoms with van der Waals surface area (Å²) in [6, 6.07) is 19.7. The van der Waals surface area contributed by atoms with Gasteiger partial charge in [0.2, 0.25) is 5.91 Å². The van der Waals surface area contributed by atoms with Crippen molar-refractivity contribution >= 4 is 50.7 Å². The van der Waals surface area contributed by atoms with Gasteiger partial charge in [-0.25, -0.2) is 8.42 Å². The lowest BCUT2D eigenvalue weighted by Gasteiger charge is -2.11. The number of thiocarbonyl (C=S) groups is 1. The molecule has 34 heavy (non-hydrogen) atoms. The predicted molar refractivity (Wildman–Crippen MR) is 137 cm³/mol. The van der Waals surface area contributed by atoms with Crippen LogP contribution in [0.1, 0.15) is 5.56 Å². The number of carbonyl (C=O) groups excluding carboxylic acids is 1. The van der Waals surface area contributed by atoms with Gasteiger partial charge in [-0.1, -0.05) is 12.1 Å². The first kappa shape index (κ1) is 24.7. The highest BCUT2D eigenvalue weighted by molar-refractivity contribution is 7.92. The molecule has 0 spiro atoms. The summed E-state index contributed by atoms with van der Waals surface area (Å²) in [7, 11) is -0.659. The van der Waals surface area contributed by atoms with Crippen molar-refractivity contribution in [2.45, 2.75) is 4.90 Å². The summed E-state index contributed by atoms with van der Waals surface area (Å²) in [6.45, 7) is 0. The van der Waals surface area contributed by atoms with Gasteiger partial charge in [0.25, 0.3) is 10.0 Å². The zero-order valence-electron chi connectivity index (χ0n) is 18.4. The van der Waals surface area contributed by atoms with Crippen LogP contribution in [-0.4, -0.2) is 33.7 Å². The molecule has 3 N–H and O–H groups in total. The molecule has 0 saturated carbocycles. The number of methoxy groups -OCH3 is 2. The van der Waals surface area contributed by atoms with Crippen LogP contribution in [0.25, 0.3) is 6.08 Å². The highest BCUT2D eigenvalue weighted by atomic mass is 32.2. The smallest absolute Gasteiger partial charge is 0.261 e. The highest BCUT2D eigenvalue weighted by Gasteiger charge is 2.14. The molecular weight excluding hydrogens is 474 g/mol. The van der Waals surface area contributed by atoms with Gasteiger partial charge in [0.05, 0.1) is 19.1 Å². The van der Waals surface area contributed by atoms with Crippen molar-refractivity contribution in [1.82, 2.24) is 5.32 Å². The van der Waals surface area contributed by atoms with Gasteiger partial charge < -0.3 is 14.8 Å². The monoisotopic (exact) mass is 497 g/mol. The van der Waals surface area contributed by atoms with E-state index >= 15 is 0 Å². The molecule has 0 heterocycles. The van der Waals surface area contributed by atoms with Gasteiger partial charge >= 0.3 is 0 Å². The Labute approximate surface area is 203 Å². The number of ether oxygens (including phenoxy) is 2. The zero-order chi connectivity index (χ0) is 24.6. The van der Waals surface area contributed by atoms with Crippen molar-refractivity contribution in [2.75, 3.05) is 24.3 Å². The number of anilines is 2. The van der Waals surface area contributed by atoms with E-state index in [1.54, 1.807) is 61.7 Å². The molecule has 0 radical (unpaired) electrons. The molecule has 0 bridgehead atoms. The number of amides is 1. The van der Waals surface area contributed by atoms with E-state index in [0.717, 1.165) is 11.3 Å². The Bertz CT molecular complexity index is 1270. The van der Waals surface area contributed by atoms with Gasteiger partial charge in [-0.3, -0.25) is 14.8 Å². The van der Waals surface area contributed by atoms with E-state index in [1.165, 1.54) is 25.3 Å². The molecule has 0 aromatic heterocycles. The average molecular weight is 498 g/mol. The first-order valence-electron chi connectivity index (χ1n) is 10.00. The summed E-state index contributed by atoms with van der Waals surface area (Å²) < 4.78 is 37.9. The Morgan fingerprint density at radius 2 is 1.35 bits per heavy atom. The SMILES string of the molecule is COc1ccc(/C=C/C(=O)NC(=S)Nc2ccc(S(=O)(=O)Nc3ccc(OC)cc3)cc2)cc1. The van der Waals surface area contributed by atoms with Crippen LogP contribution in [0.15, 0.2) is 83.8 Å². The van der Waals surface area contributed by atoms with Crippen LogP contribution in [0.2, 0.25) is 0 Å². The Morgan fingerprint density at radius 1 is 0.824 bits per heavy atom. The van der Waals surface area contributed by atoms with Crippen LogP contribution in [0, 0.1) is 0 Å². The van der Waals surface area contributed by atoms with Gasteiger partial charge in [-0.2, -0.15) is 0 Å². The first-order chi connectivity index (χ1) is 16.3. The largest absolute Gasteiger partial charge is 0.497 e. The number of hydrogen-bond acceptors (Lipinski definition) is 6. The van der Waals surface area contributed by atoms with Crippen molar-refractivity contribution in [1.29, 1.82) is 0 Å². The summed E-state index contributed by atoms with van der Waals surface area (Å²) in [5.41, 5.74) is 1.76. The fraction of sp³-hybridized carbons (Fsp3) is 0.0833. The summed E-state index contributed by atoms with van der Waals surface area (Å²) in [5, 5.41) is 5.46. The molecule has 0 aliphatic heterocycles. The Balaban J connectivity index is 1.54. The quantitative estimate of drug-likeness (QED) is 0.319. The number of benzene rings is 3. The molecule has 3 aromatic rings. The van der Waals surface area contributed by atoms with Crippen LogP contribution in [0.5, 0.6) is 11.5 Å². The van der Waals surface area contributed by atoms with Crippen molar-refractivity contribution in [3.8, 4) is 11.5 Å². The minimum atomic E-state index is -3.77. The molecule has 0 saturated heterocycles. The Morgan fingerprint density at radius 3 is 1.91 bits per heavy atom. The molecule has 0 aliphatic rings. The molecule has 176 valence electrons. The van der Waals surface area contributed by atoms with E-state index in [9.17, 15) is 13.2 Å². The third-order valence-corrected chi connectivity index (χ3v) is 6.15. The average Bonchev–Trinajstić information content (AvgIpc) is 2.83. The fourth-order valence-corrected chi connectivity index (χ4v) is 4.07. The van der Waals surface area contributed by atoms with Gasteiger partial charge in [0.1, 0.15) is 11.5 Å². The molecule has 0 unspecified atom stereocenters. The highest BCUT2D eigenvalue weighted by Crippen LogP contribution is 2.20. The molecule has 3 aromatic carbocycles. The molecule has 1 amide bonds. The van der Waals surface area contributed by atoms with Crippen molar-refractivity contribution in [3.05, 3.63) is 84.4 Å². The molecule has 0 fully saturated rings. The van der Waals surface area contributed by atoms with E-state index < -0.39 is 15.9 Å². The second kappa shape index (κ2) is 11.3. The summed E-state index contributed by atoms with van der Waals surface area (Å²) in [4.78, 5) is 12.2. The second-order valence-electron chi connectivity index (χ2n) is 6.91. The number of sulfonamides is 1. The standard InChI is InChI=1S/C24H23N3O5S2/c1-31-20-10-3-17(4-11-20)5-16-23(28)26-24(33)25-18-8-14-22(15-9-18)34(29,30)27-19-6-12-21(32-2)13-7-19/h3-16,27H,1-2H3,(H2,25,26,28,33)/b16-5+. The topological polar surface area (TPSA) is 106 Å². The van der Waals surface area contributed by atoms with Gasteiger partial charge in [0.15, 0.2) is 5.11 Å². The van der Waals surface area contributed by atoms with Crippen LogP contribution in [0.4, 0.5) is 11.4 Å². The zero-order valence-corrected chi connectivity index (χ0v) is 20.1. The van der Waals surface area contributed by atoms with Gasteiger partial charge in [-0.15, -0.1) is 0 Å². The third kappa shape index (κ3) is 7.06. The lowest BCUT2D eigenvalue weighted by Crippen LogP contribution is -2.32. The molecule has 0 atom stereocenters. The number of carbonyl (C=O) groups is 1. The number of rotatable bonds is 8. The lowest BCUT2D eigenvalue weighted by molar-refractivity contribution is -0.115. The number of nitrogens with one attached hydrogen (secondary N) is 3. The van der Waals surface area contributed by atoms with E-state index in [2.05, 4.69) is 15.4 Å². The van der Waals surface area contributed by atoms with Crippen molar-refractivity contribution in [3.63, 3.8) is 0 Å². The lowest BCUT2D eigenvalue weighted by atomic mass is 10.2.